The summed E-state index contributed by atoms with van der Waals surface area (Å²) in [6.45, 7) is 1.39. The van der Waals surface area contributed by atoms with Crippen LogP contribution in [-0.2, 0) is 18.3 Å². The number of aromatic nitrogens is 1. The number of ether oxygens (including phenoxy) is 1. The first kappa shape index (κ1) is 26.2. The van der Waals surface area contributed by atoms with Crippen molar-refractivity contribution >= 4 is 46.0 Å². The number of fused-ring (bicyclic) bond motifs is 1. The molecule has 4 rings (SSSR count). The van der Waals surface area contributed by atoms with Crippen LogP contribution in [0.5, 0.6) is 5.75 Å². The fourth-order valence-electron chi connectivity index (χ4n) is 4.94. The number of benzene rings is 2. The van der Waals surface area contributed by atoms with E-state index in [1.165, 1.54) is 0 Å². The van der Waals surface area contributed by atoms with E-state index in [1.54, 1.807) is 29.2 Å². The first-order valence-electron chi connectivity index (χ1n) is 11.5. The van der Waals surface area contributed by atoms with Crippen molar-refractivity contribution in [3.8, 4) is 5.75 Å². The molecule has 10 heteroatoms. The molecule has 1 aliphatic rings. The van der Waals surface area contributed by atoms with Gasteiger partial charge in [0.05, 0.1) is 22.0 Å². The zero-order valence-corrected chi connectivity index (χ0v) is 21.5. The lowest BCUT2D eigenvalue weighted by atomic mass is 9.86. The number of alkyl halides is 2. The number of nitrogens with zero attached hydrogens (tertiary/aromatic N) is 2. The molecule has 1 aliphatic heterocycles. The summed E-state index contributed by atoms with van der Waals surface area (Å²) in [4.78, 5) is 26.4. The third kappa shape index (κ3) is 5.02. The van der Waals surface area contributed by atoms with Crippen molar-refractivity contribution in [3.05, 3.63) is 62.8 Å². The Hall–Kier alpha value is -2.84. The van der Waals surface area contributed by atoms with Gasteiger partial charge in [-0.25, -0.2) is 0 Å². The van der Waals surface area contributed by atoms with Gasteiger partial charge in [0.15, 0.2) is 0 Å². The number of halogens is 4. The maximum Gasteiger partial charge on any atom is 0.387 e. The highest BCUT2D eigenvalue weighted by molar-refractivity contribution is 6.38. The molecule has 0 spiro atoms. The Kier molecular flexibility index (Phi) is 7.48. The van der Waals surface area contributed by atoms with E-state index in [9.17, 15) is 23.5 Å². The lowest BCUT2D eigenvalue weighted by molar-refractivity contribution is -0.145. The van der Waals surface area contributed by atoms with Crippen LogP contribution in [0.3, 0.4) is 0 Å². The Morgan fingerprint density at radius 3 is 2.58 bits per heavy atom. The van der Waals surface area contributed by atoms with E-state index in [0.717, 1.165) is 22.2 Å². The predicted octanol–water partition coefficient (Wildman–Crippen LogP) is 6.17. The molecule has 0 aliphatic carbocycles. The number of carbonyl (C=O) groups excluding carboxylic acids is 1. The van der Waals surface area contributed by atoms with Crippen LogP contribution in [0.25, 0.3) is 10.9 Å². The van der Waals surface area contributed by atoms with E-state index in [4.69, 9.17) is 23.2 Å². The average molecular weight is 539 g/mol. The Morgan fingerprint density at radius 1 is 1.22 bits per heavy atom. The van der Waals surface area contributed by atoms with E-state index in [0.29, 0.717) is 42.1 Å². The highest BCUT2D eigenvalue weighted by Crippen LogP contribution is 2.35. The van der Waals surface area contributed by atoms with Crippen molar-refractivity contribution in [3.63, 3.8) is 0 Å². The second-order valence-electron chi connectivity index (χ2n) is 9.27. The minimum Gasteiger partial charge on any atom is -0.481 e. The molecule has 2 aromatic carbocycles. The Morgan fingerprint density at radius 2 is 1.94 bits per heavy atom. The normalized spacial score (nSPS) is 18.2. The molecule has 0 radical (unpaired) electrons. The monoisotopic (exact) mass is 538 g/mol. The molecular weight excluding hydrogens is 513 g/mol. The van der Waals surface area contributed by atoms with Crippen LogP contribution in [-0.4, -0.2) is 46.2 Å². The van der Waals surface area contributed by atoms with Gasteiger partial charge in [0.2, 0.25) is 0 Å². The standard InChI is InChI=1S/C26H26Cl2F2N2O4/c1-13-8-16(36-26(29)30)11-22-19(13)9-15(31(22)3)10-20-21(27)5-4-18(23(20)28)24(33)32-7-6-17(25(34)35)14(2)12-32/h4-5,8-9,11,14,17,26H,6-7,10,12H2,1-3H3,(H,34,35). The number of hydrogen-bond donors (Lipinski definition) is 1. The average Bonchev–Trinajstić information content (AvgIpc) is 3.11. The van der Waals surface area contributed by atoms with Gasteiger partial charge >= 0.3 is 12.6 Å². The number of carboxylic acid groups (broad SMARTS) is 1. The SMILES string of the molecule is Cc1cc(OC(F)F)cc2c1cc(Cc1c(Cl)ccc(C(=O)N3CCC(C(=O)O)C(C)C3)c1Cl)n2C. The Labute approximate surface area is 217 Å². The number of amides is 1. The molecule has 1 saturated heterocycles. The van der Waals surface area contributed by atoms with Gasteiger partial charge in [-0.3, -0.25) is 9.59 Å². The number of hydrogen-bond acceptors (Lipinski definition) is 3. The molecule has 1 amide bonds. The molecule has 1 N–H and O–H groups in total. The van der Waals surface area contributed by atoms with Gasteiger partial charge in [-0.1, -0.05) is 30.1 Å². The van der Waals surface area contributed by atoms with E-state index in [2.05, 4.69) is 4.74 Å². The maximum atomic E-state index is 13.3. The molecule has 0 saturated carbocycles. The van der Waals surface area contributed by atoms with Crippen molar-refractivity contribution < 1.29 is 28.2 Å². The number of aliphatic carboxylic acids is 1. The highest BCUT2D eigenvalue weighted by Gasteiger charge is 2.34. The van der Waals surface area contributed by atoms with E-state index >= 15 is 0 Å². The highest BCUT2D eigenvalue weighted by atomic mass is 35.5. The van der Waals surface area contributed by atoms with E-state index < -0.39 is 18.5 Å². The second-order valence-corrected chi connectivity index (χ2v) is 10.1. The summed E-state index contributed by atoms with van der Waals surface area (Å²) in [5.41, 5.74) is 3.21. The van der Waals surface area contributed by atoms with Gasteiger partial charge < -0.3 is 19.3 Å². The Bertz CT molecular complexity index is 1340. The third-order valence-corrected chi connectivity index (χ3v) is 7.74. The first-order chi connectivity index (χ1) is 17.0. The number of carboxylic acids is 1. The molecule has 1 fully saturated rings. The van der Waals surface area contributed by atoms with Gasteiger partial charge in [0, 0.05) is 48.7 Å². The molecule has 36 heavy (non-hydrogen) atoms. The number of rotatable bonds is 6. The van der Waals surface area contributed by atoms with Crippen molar-refractivity contribution in [2.24, 2.45) is 18.9 Å². The Balaban J connectivity index is 1.64. The van der Waals surface area contributed by atoms with Crippen molar-refractivity contribution in [1.29, 1.82) is 0 Å². The number of piperidine rings is 1. The van der Waals surface area contributed by atoms with E-state index in [-0.39, 0.29) is 22.6 Å². The van der Waals surface area contributed by atoms with Gasteiger partial charge in [0.25, 0.3) is 5.91 Å². The van der Waals surface area contributed by atoms with Crippen molar-refractivity contribution in [1.82, 2.24) is 9.47 Å². The number of carbonyl (C=O) groups is 2. The summed E-state index contributed by atoms with van der Waals surface area (Å²) in [6, 6.07) is 8.28. The van der Waals surface area contributed by atoms with Crippen molar-refractivity contribution in [2.45, 2.75) is 33.3 Å². The molecule has 2 unspecified atom stereocenters. The maximum absolute atomic E-state index is 13.3. The largest absolute Gasteiger partial charge is 0.481 e. The minimum absolute atomic E-state index is 0.0762. The van der Waals surface area contributed by atoms with Crippen LogP contribution >= 0.6 is 23.2 Å². The lowest BCUT2D eigenvalue weighted by Gasteiger charge is -2.35. The summed E-state index contributed by atoms with van der Waals surface area (Å²) < 4.78 is 31.9. The number of likely N-dealkylation sites (tertiary alicyclic amines) is 1. The van der Waals surface area contributed by atoms with Gasteiger partial charge in [-0.2, -0.15) is 8.78 Å². The van der Waals surface area contributed by atoms with Crippen LogP contribution < -0.4 is 4.74 Å². The zero-order chi connectivity index (χ0) is 26.3. The third-order valence-electron chi connectivity index (χ3n) is 6.95. The summed E-state index contributed by atoms with van der Waals surface area (Å²) in [5.74, 6) is -1.70. The summed E-state index contributed by atoms with van der Waals surface area (Å²) in [6.07, 6.45) is 0.693. The predicted molar refractivity (Wildman–Crippen MR) is 134 cm³/mol. The summed E-state index contributed by atoms with van der Waals surface area (Å²) in [5, 5.41) is 10.9. The van der Waals surface area contributed by atoms with Gasteiger partial charge in [0.1, 0.15) is 5.75 Å². The molecule has 6 nitrogen and oxygen atoms in total. The van der Waals surface area contributed by atoms with Crippen LogP contribution in [0.1, 0.15) is 40.5 Å². The zero-order valence-electron chi connectivity index (χ0n) is 20.0. The van der Waals surface area contributed by atoms with E-state index in [1.807, 2.05) is 31.5 Å². The van der Waals surface area contributed by atoms with Crippen LogP contribution in [0, 0.1) is 18.8 Å². The molecule has 1 aromatic heterocycles. The van der Waals surface area contributed by atoms with Crippen molar-refractivity contribution in [2.75, 3.05) is 13.1 Å². The minimum atomic E-state index is -2.92. The van der Waals surface area contributed by atoms with Crippen LogP contribution in [0.2, 0.25) is 10.0 Å². The quantitative estimate of drug-likeness (QED) is 0.407. The molecule has 3 aromatic rings. The molecule has 0 bridgehead atoms. The first-order valence-corrected chi connectivity index (χ1v) is 12.3. The van der Waals surface area contributed by atoms with Crippen LogP contribution in [0.15, 0.2) is 30.3 Å². The number of aryl methyl sites for hydroxylation is 2. The molecular formula is C26H26Cl2F2N2O4. The fourth-order valence-corrected chi connectivity index (χ4v) is 5.53. The molecule has 2 atom stereocenters. The summed E-state index contributed by atoms with van der Waals surface area (Å²) >= 11 is 13.2. The smallest absolute Gasteiger partial charge is 0.387 e. The van der Waals surface area contributed by atoms with Gasteiger partial charge in [-0.05, 0) is 54.7 Å². The molecule has 2 heterocycles. The fraction of sp³-hybridized carbons (Fsp3) is 0.385. The van der Waals surface area contributed by atoms with Gasteiger partial charge in [-0.15, -0.1) is 0 Å². The molecule has 192 valence electrons. The van der Waals surface area contributed by atoms with Crippen LogP contribution in [0.4, 0.5) is 8.78 Å². The summed E-state index contributed by atoms with van der Waals surface area (Å²) in [7, 11) is 1.81. The lowest BCUT2D eigenvalue weighted by Crippen LogP contribution is -2.45. The second kappa shape index (κ2) is 10.3. The topological polar surface area (TPSA) is 71.8 Å².